The van der Waals surface area contributed by atoms with E-state index in [1.54, 1.807) is 24.3 Å². The van der Waals surface area contributed by atoms with Crippen molar-refractivity contribution in [3.63, 3.8) is 0 Å². The average Bonchev–Trinajstić information content (AvgIpc) is 2.49. The first kappa shape index (κ1) is 15.0. The highest BCUT2D eigenvalue weighted by molar-refractivity contribution is 6.45. The molecule has 0 radical (unpaired) electrons. The minimum atomic E-state index is -0.839. The lowest BCUT2D eigenvalue weighted by atomic mass is 10.2. The van der Waals surface area contributed by atoms with Gasteiger partial charge in [0.15, 0.2) is 0 Å². The lowest BCUT2D eigenvalue weighted by Crippen LogP contribution is -2.53. The van der Waals surface area contributed by atoms with Crippen LogP contribution in [-0.2, 0) is 14.4 Å². The molecular weight excluding hydrogens is 272 g/mol. The van der Waals surface area contributed by atoms with Crippen molar-refractivity contribution in [2.24, 2.45) is 0 Å². The Kier molecular flexibility index (Phi) is 4.54. The molecule has 2 rings (SSSR count). The van der Waals surface area contributed by atoms with Gasteiger partial charge in [-0.1, -0.05) is 0 Å². The van der Waals surface area contributed by atoms with Crippen LogP contribution in [0.1, 0.15) is 6.92 Å². The molecule has 1 saturated heterocycles. The van der Waals surface area contributed by atoms with E-state index in [1.807, 2.05) is 0 Å². The minimum absolute atomic E-state index is 0.338. The fraction of sp³-hybridized carbons (Fsp3) is 0.357. The number of carbonyl (C=O) groups is 3. The lowest BCUT2D eigenvalue weighted by Gasteiger charge is -2.28. The number of rotatable bonds is 1. The normalized spacial score (nSPS) is 14.6. The summed E-state index contributed by atoms with van der Waals surface area (Å²) >= 11 is 0. The molecule has 0 aliphatic carbocycles. The molecule has 21 heavy (non-hydrogen) atoms. The second-order valence-electron chi connectivity index (χ2n) is 4.79. The molecule has 0 spiro atoms. The Balaban J connectivity index is 2.21. The van der Waals surface area contributed by atoms with E-state index in [4.69, 9.17) is 5.73 Å². The van der Waals surface area contributed by atoms with Crippen LogP contribution in [0.3, 0.4) is 0 Å². The molecule has 3 N–H and O–H groups in total. The standard InChI is InChI=1S/C14H18N4O3/c1-10(19)18(12-4-2-11(15)3-5-12)14(21)13(20)17-8-6-16-7-9-17/h2-5,16H,6-9,15H2,1H3. The van der Waals surface area contributed by atoms with E-state index in [1.165, 1.54) is 11.8 Å². The summed E-state index contributed by atoms with van der Waals surface area (Å²) in [6.07, 6.45) is 0. The number of amides is 3. The number of anilines is 2. The second-order valence-corrected chi connectivity index (χ2v) is 4.79. The van der Waals surface area contributed by atoms with Gasteiger partial charge in [0.1, 0.15) is 0 Å². The molecule has 7 heteroatoms. The Morgan fingerprint density at radius 3 is 2.24 bits per heavy atom. The Hall–Kier alpha value is -2.41. The van der Waals surface area contributed by atoms with Gasteiger partial charge in [0, 0.05) is 38.8 Å². The predicted molar refractivity (Wildman–Crippen MR) is 78.5 cm³/mol. The zero-order valence-corrected chi connectivity index (χ0v) is 11.8. The fourth-order valence-electron chi connectivity index (χ4n) is 2.16. The number of nitrogens with two attached hydrogens (primary N) is 1. The highest BCUT2D eigenvalue weighted by Gasteiger charge is 2.31. The third kappa shape index (κ3) is 3.38. The molecule has 112 valence electrons. The number of nitrogens with one attached hydrogen (secondary N) is 1. The highest BCUT2D eigenvalue weighted by Crippen LogP contribution is 2.17. The van der Waals surface area contributed by atoms with Gasteiger partial charge in [-0.25, -0.2) is 4.90 Å². The van der Waals surface area contributed by atoms with Crippen LogP contribution in [0.2, 0.25) is 0 Å². The van der Waals surface area contributed by atoms with Gasteiger partial charge in [0.25, 0.3) is 0 Å². The van der Waals surface area contributed by atoms with Crippen molar-refractivity contribution in [1.29, 1.82) is 0 Å². The van der Waals surface area contributed by atoms with Gasteiger partial charge >= 0.3 is 11.8 Å². The summed E-state index contributed by atoms with van der Waals surface area (Å²) in [5.74, 6) is -2.01. The van der Waals surface area contributed by atoms with E-state index < -0.39 is 17.7 Å². The number of nitrogens with zero attached hydrogens (tertiary/aromatic N) is 2. The maximum absolute atomic E-state index is 12.3. The third-order valence-corrected chi connectivity index (χ3v) is 3.26. The smallest absolute Gasteiger partial charge is 0.323 e. The number of hydrogen-bond donors (Lipinski definition) is 2. The Morgan fingerprint density at radius 2 is 1.71 bits per heavy atom. The van der Waals surface area contributed by atoms with Gasteiger partial charge in [-0.15, -0.1) is 0 Å². The van der Waals surface area contributed by atoms with Crippen molar-refractivity contribution in [2.45, 2.75) is 6.92 Å². The fourth-order valence-corrected chi connectivity index (χ4v) is 2.16. The Bertz CT molecular complexity index is 550. The van der Waals surface area contributed by atoms with Crippen molar-refractivity contribution in [3.05, 3.63) is 24.3 Å². The number of nitrogen functional groups attached to an aromatic ring is 1. The third-order valence-electron chi connectivity index (χ3n) is 3.26. The van der Waals surface area contributed by atoms with Gasteiger partial charge in [-0.05, 0) is 24.3 Å². The molecule has 0 unspecified atom stereocenters. The summed E-state index contributed by atoms with van der Waals surface area (Å²) in [5, 5.41) is 3.10. The zero-order chi connectivity index (χ0) is 15.4. The van der Waals surface area contributed by atoms with Crippen molar-refractivity contribution in [3.8, 4) is 0 Å². The van der Waals surface area contributed by atoms with E-state index in [9.17, 15) is 14.4 Å². The summed E-state index contributed by atoms with van der Waals surface area (Å²) in [7, 11) is 0. The van der Waals surface area contributed by atoms with Crippen molar-refractivity contribution in [1.82, 2.24) is 10.2 Å². The SMILES string of the molecule is CC(=O)N(C(=O)C(=O)N1CCNCC1)c1ccc(N)cc1. The molecule has 1 heterocycles. The maximum atomic E-state index is 12.3. The first-order chi connectivity index (χ1) is 10.0. The quantitative estimate of drug-likeness (QED) is 0.541. The second kappa shape index (κ2) is 6.36. The highest BCUT2D eigenvalue weighted by atomic mass is 16.2. The predicted octanol–water partition coefficient (Wildman–Crippen LogP) is -0.420. The van der Waals surface area contributed by atoms with Crippen LogP contribution < -0.4 is 16.0 Å². The molecule has 0 atom stereocenters. The first-order valence-electron chi connectivity index (χ1n) is 6.71. The van der Waals surface area contributed by atoms with Crippen LogP contribution in [0.25, 0.3) is 0 Å². The van der Waals surface area contributed by atoms with Gasteiger partial charge in [-0.2, -0.15) is 0 Å². The molecule has 1 aliphatic heterocycles. The molecule has 0 aromatic heterocycles. The van der Waals surface area contributed by atoms with Crippen LogP contribution in [0.5, 0.6) is 0 Å². The molecule has 1 aromatic carbocycles. The summed E-state index contributed by atoms with van der Waals surface area (Å²) in [6, 6.07) is 6.24. The lowest BCUT2D eigenvalue weighted by molar-refractivity contribution is -0.146. The van der Waals surface area contributed by atoms with Crippen LogP contribution in [0, 0.1) is 0 Å². The Morgan fingerprint density at radius 1 is 1.14 bits per heavy atom. The van der Waals surface area contributed by atoms with E-state index >= 15 is 0 Å². The number of carbonyl (C=O) groups excluding carboxylic acids is 3. The van der Waals surface area contributed by atoms with Crippen LogP contribution in [0.15, 0.2) is 24.3 Å². The molecule has 3 amide bonds. The monoisotopic (exact) mass is 290 g/mol. The number of piperazine rings is 1. The summed E-state index contributed by atoms with van der Waals surface area (Å²) in [4.78, 5) is 38.6. The number of benzene rings is 1. The number of imide groups is 1. The van der Waals surface area contributed by atoms with Crippen molar-refractivity contribution < 1.29 is 14.4 Å². The largest absolute Gasteiger partial charge is 0.399 e. The van der Waals surface area contributed by atoms with Crippen LogP contribution >= 0.6 is 0 Å². The van der Waals surface area contributed by atoms with Crippen LogP contribution in [-0.4, -0.2) is 48.8 Å². The molecular formula is C14H18N4O3. The molecule has 1 aromatic rings. The molecule has 0 saturated carbocycles. The topological polar surface area (TPSA) is 95.7 Å². The van der Waals surface area contributed by atoms with Gasteiger partial charge < -0.3 is 16.0 Å². The van der Waals surface area contributed by atoms with Crippen molar-refractivity contribution in [2.75, 3.05) is 36.8 Å². The zero-order valence-electron chi connectivity index (χ0n) is 11.8. The molecule has 7 nitrogen and oxygen atoms in total. The van der Waals surface area contributed by atoms with E-state index in [-0.39, 0.29) is 0 Å². The number of hydrogen-bond acceptors (Lipinski definition) is 5. The van der Waals surface area contributed by atoms with E-state index in [0.717, 1.165) is 4.90 Å². The first-order valence-corrected chi connectivity index (χ1v) is 6.71. The summed E-state index contributed by atoms with van der Waals surface area (Å²) < 4.78 is 0. The van der Waals surface area contributed by atoms with Crippen LogP contribution in [0.4, 0.5) is 11.4 Å². The van der Waals surface area contributed by atoms with E-state index in [0.29, 0.717) is 37.6 Å². The average molecular weight is 290 g/mol. The Labute approximate surface area is 122 Å². The summed E-state index contributed by atoms with van der Waals surface area (Å²) in [6.45, 7) is 3.44. The minimum Gasteiger partial charge on any atom is -0.399 e. The van der Waals surface area contributed by atoms with E-state index in [2.05, 4.69) is 5.32 Å². The van der Waals surface area contributed by atoms with Gasteiger partial charge in [-0.3, -0.25) is 14.4 Å². The molecule has 0 bridgehead atoms. The maximum Gasteiger partial charge on any atom is 0.323 e. The van der Waals surface area contributed by atoms with Gasteiger partial charge in [0.05, 0.1) is 5.69 Å². The summed E-state index contributed by atoms with van der Waals surface area (Å²) in [5.41, 5.74) is 6.44. The van der Waals surface area contributed by atoms with Crippen molar-refractivity contribution >= 4 is 29.1 Å². The molecule has 1 fully saturated rings. The molecule has 1 aliphatic rings. The van der Waals surface area contributed by atoms with Gasteiger partial charge in [0.2, 0.25) is 5.91 Å².